The van der Waals surface area contributed by atoms with Gasteiger partial charge in [0.1, 0.15) is 11.5 Å². The maximum atomic E-state index is 5.58. The molecule has 2 atom stereocenters. The molecule has 0 aromatic heterocycles. The summed E-state index contributed by atoms with van der Waals surface area (Å²) >= 11 is 0. The summed E-state index contributed by atoms with van der Waals surface area (Å²) in [6.45, 7) is 7.52. The number of ether oxygens (including phenoxy) is 2. The average molecular weight is 294 g/mol. The molecule has 0 amide bonds. The number of methoxy groups -OCH3 is 2. The summed E-state index contributed by atoms with van der Waals surface area (Å²) in [7, 11) is 7.66. The van der Waals surface area contributed by atoms with Gasteiger partial charge in [0, 0.05) is 11.1 Å². The molecule has 1 rings (SSSR count). The van der Waals surface area contributed by atoms with Crippen LogP contribution in [0.2, 0.25) is 0 Å². The molecule has 1 N–H and O–H groups in total. The lowest BCUT2D eigenvalue weighted by Gasteiger charge is -2.43. The molecule has 0 spiro atoms. The van der Waals surface area contributed by atoms with Gasteiger partial charge in [-0.3, -0.25) is 0 Å². The first-order valence-corrected chi connectivity index (χ1v) is 7.57. The fourth-order valence-corrected chi connectivity index (χ4v) is 2.71. The minimum absolute atomic E-state index is 0.0182. The molecule has 2 unspecified atom stereocenters. The van der Waals surface area contributed by atoms with Crippen LogP contribution in [0.15, 0.2) is 18.2 Å². The van der Waals surface area contributed by atoms with Crippen LogP contribution in [0.4, 0.5) is 0 Å². The molecule has 0 saturated carbocycles. The Bertz CT molecular complexity index is 448. The van der Waals surface area contributed by atoms with E-state index in [2.05, 4.69) is 51.1 Å². The van der Waals surface area contributed by atoms with Crippen LogP contribution in [-0.4, -0.2) is 45.3 Å². The van der Waals surface area contributed by atoms with Crippen LogP contribution < -0.4 is 14.8 Å². The number of nitrogens with one attached hydrogen (secondary N) is 1. The fraction of sp³-hybridized carbons (Fsp3) is 0.647. The van der Waals surface area contributed by atoms with Crippen molar-refractivity contribution in [2.24, 2.45) is 0 Å². The summed E-state index contributed by atoms with van der Waals surface area (Å²) in [5.74, 6) is 1.74. The smallest absolute Gasteiger partial charge is 0.123 e. The van der Waals surface area contributed by atoms with Gasteiger partial charge in [-0.25, -0.2) is 0 Å². The van der Waals surface area contributed by atoms with E-state index >= 15 is 0 Å². The Kier molecular flexibility index (Phi) is 6.49. The van der Waals surface area contributed by atoms with Crippen molar-refractivity contribution in [2.45, 2.75) is 38.8 Å². The second-order valence-corrected chi connectivity index (χ2v) is 5.70. The van der Waals surface area contributed by atoms with Crippen molar-refractivity contribution >= 4 is 0 Å². The number of rotatable bonds is 8. The van der Waals surface area contributed by atoms with Gasteiger partial charge in [0.15, 0.2) is 0 Å². The monoisotopic (exact) mass is 294 g/mol. The van der Waals surface area contributed by atoms with E-state index < -0.39 is 0 Å². The first-order valence-electron chi connectivity index (χ1n) is 7.57. The summed E-state index contributed by atoms with van der Waals surface area (Å²) in [5.41, 5.74) is 1.12. The fourth-order valence-electron chi connectivity index (χ4n) is 2.71. The highest BCUT2D eigenvalue weighted by Crippen LogP contribution is 2.38. The molecule has 0 radical (unpaired) electrons. The second-order valence-electron chi connectivity index (χ2n) is 5.70. The summed E-state index contributed by atoms with van der Waals surface area (Å²) in [6.07, 6.45) is 1.03. The van der Waals surface area contributed by atoms with Crippen molar-refractivity contribution in [1.29, 1.82) is 0 Å². The quantitative estimate of drug-likeness (QED) is 0.799. The molecule has 120 valence electrons. The van der Waals surface area contributed by atoms with Crippen molar-refractivity contribution in [2.75, 3.05) is 34.9 Å². The molecule has 0 saturated heterocycles. The van der Waals surface area contributed by atoms with E-state index in [-0.39, 0.29) is 11.6 Å². The van der Waals surface area contributed by atoms with Crippen molar-refractivity contribution in [3.05, 3.63) is 23.8 Å². The maximum absolute atomic E-state index is 5.58. The van der Waals surface area contributed by atoms with Crippen LogP contribution >= 0.6 is 0 Å². The van der Waals surface area contributed by atoms with Crippen LogP contribution in [0.5, 0.6) is 11.5 Å². The normalized spacial score (nSPS) is 15.6. The van der Waals surface area contributed by atoms with Crippen LogP contribution in [0.3, 0.4) is 0 Å². The van der Waals surface area contributed by atoms with Crippen molar-refractivity contribution in [3.8, 4) is 11.5 Å². The highest BCUT2D eigenvalue weighted by atomic mass is 16.5. The molecule has 4 nitrogen and oxygen atoms in total. The molecular formula is C17H30N2O2. The molecule has 0 fully saturated rings. The zero-order valence-electron chi connectivity index (χ0n) is 14.5. The molecule has 4 heteroatoms. The maximum Gasteiger partial charge on any atom is 0.123 e. The Morgan fingerprint density at radius 2 is 1.86 bits per heavy atom. The topological polar surface area (TPSA) is 33.7 Å². The number of hydrogen-bond donors (Lipinski definition) is 1. The zero-order valence-corrected chi connectivity index (χ0v) is 14.5. The van der Waals surface area contributed by atoms with Crippen molar-refractivity contribution in [1.82, 2.24) is 10.2 Å². The molecule has 0 bridgehead atoms. The third-order valence-electron chi connectivity index (χ3n) is 4.52. The largest absolute Gasteiger partial charge is 0.497 e. The van der Waals surface area contributed by atoms with Crippen LogP contribution in [0.25, 0.3) is 0 Å². The van der Waals surface area contributed by atoms with Gasteiger partial charge in [0.25, 0.3) is 0 Å². The number of likely N-dealkylation sites (N-methyl/N-ethyl adjacent to an activating group) is 2. The van der Waals surface area contributed by atoms with Gasteiger partial charge in [-0.05, 0) is 52.2 Å². The molecule has 0 aliphatic rings. The lowest BCUT2D eigenvalue weighted by molar-refractivity contribution is 0.112. The summed E-state index contributed by atoms with van der Waals surface area (Å²) < 4.78 is 11.0. The highest BCUT2D eigenvalue weighted by molar-refractivity contribution is 5.43. The van der Waals surface area contributed by atoms with Gasteiger partial charge in [-0.15, -0.1) is 0 Å². The van der Waals surface area contributed by atoms with Gasteiger partial charge in [-0.1, -0.05) is 13.8 Å². The van der Waals surface area contributed by atoms with E-state index in [9.17, 15) is 0 Å². The van der Waals surface area contributed by atoms with Gasteiger partial charge in [0.05, 0.1) is 20.3 Å². The minimum atomic E-state index is -0.0182. The van der Waals surface area contributed by atoms with Crippen molar-refractivity contribution < 1.29 is 9.47 Å². The Balaban J connectivity index is 3.39. The van der Waals surface area contributed by atoms with Gasteiger partial charge < -0.3 is 19.7 Å². The third-order valence-corrected chi connectivity index (χ3v) is 4.52. The number of hydrogen-bond acceptors (Lipinski definition) is 4. The van der Waals surface area contributed by atoms with Gasteiger partial charge >= 0.3 is 0 Å². The third kappa shape index (κ3) is 3.69. The van der Waals surface area contributed by atoms with Gasteiger partial charge in [-0.2, -0.15) is 0 Å². The lowest BCUT2D eigenvalue weighted by atomic mass is 9.83. The highest BCUT2D eigenvalue weighted by Gasteiger charge is 2.37. The number of nitrogens with zero attached hydrogens (tertiary/aromatic N) is 1. The van der Waals surface area contributed by atoms with E-state index in [1.165, 1.54) is 0 Å². The van der Waals surface area contributed by atoms with E-state index in [1.807, 2.05) is 12.1 Å². The standard InChI is InChI=1S/C17H30N2O2/c1-8-17(3,19(4)5)16(18-9-2)14-12-13(20-6)10-11-15(14)21-7/h10-12,16,18H,8-9H2,1-7H3. The molecular weight excluding hydrogens is 264 g/mol. The first-order chi connectivity index (χ1) is 9.94. The Morgan fingerprint density at radius 3 is 2.29 bits per heavy atom. The minimum Gasteiger partial charge on any atom is -0.497 e. The molecule has 0 aliphatic heterocycles. The van der Waals surface area contributed by atoms with Crippen molar-refractivity contribution in [3.63, 3.8) is 0 Å². The van der Waals surface area contributed by atoms with E-state index in [1.54, 1.807) is 14.2 Å². The SMILES string of the molecule is CCNC(c1cc(OC)ccc1OC)C(C)(CC)N(C)C. The summed E-state index contributed by atoms with van der Waals surface area (Å²) in [5, 5.41) is 3.62. The van der Waals surface area contributed by atoms with Gasteiger partial charge in [0.2, 0.25) is 0 Å². The average Bonchev–Trinajstić information content (AvgIpc) is 2.50. The van der Waals surface area contributed by atoms with E-state index in [0.717, 1.165) is 30.0 Å². The van der Waals surface area contributed by atoms with E-state index in [0.29, 0.717) is 0 Å². The number of benzene rings is 1. The Hall–Kier alpha value is -1.26. The molecule has 1 aromatic rings. The van der Waals surface area contributed by atoms with Crippen LogP contribution in [0, 0.1) is 0 Å². The molecule has 0 heterocycles. The second kappa shape index (κ2) is 7.66. The summed E-state index contributed by atoms with van der Waals surface area (Å²) in [6, 6.07) is 6.14. The molecule has 21 heavy (non-hydrogen) atoms. The summed E-state index contributed by atoms with van der Waals surface area (Å²) in [4.78, 5) is 2.28. The Morgan fingerprint density at radius 1 is 1.19 bits per heavy atom. The van der Waals surface area contributed by atoms with E-state index in [4.69, 9.17) is 9.47 Å². The predicted molar refractivity (Wildman–Crippen MR) is 88.3 cm³/mol. The first kappa shape index (κ1) is 17.8. The molecule has 1 aromatic carbocycles. The Labute approximate surface area is 129 Å². The predicted octanol–water partition coefficient (Wildman–Crippen LogP) is 3.08. The van der Waals surface area contributed by atoms with Crippen LogP contribution in [0.1, 0.15) is 38.8 Å². The molecule has 0 aliphatic carbocycles. The lowest BCUT2D eigenvalue weighted by Crippen LogP contribution is -2.51. The van der Waals surface area contributed by atoms with Crippen LogP contribution in [-0.2, 0) is 0 Å². The zero-order chi connectivity index (χ0) is 16.0.